The van der Waals surface area contributed by atoms with Gasteiger partial charge in [-0.25, -0.2) is 0 Å². The molecule has 0 bridgehead atoms. The van der Waals surface area contributed by atoms with Crippen molar-refractivity contribution in [2.24, 2.45) is 7.05 Å². The highest BCUT2D eigenvalue weighted by atomic mass is 16.5. The quantitative estimate of drug-likeness (QED) is 0.787. The van der Waals surface area contributed by atoms with Gasteiger partial charge in [0.15, 0.2) is 5.75 Å². The maximum atomic E-state index is 5.71. The third-order valence-corrected chi connectivity index (χ3v) is 2.84. The Morgan fingerprint density at radius 2 is 2.17 bits per heavy atom. The highest BCUT2D eigenvalue weighted by molar-refractivity contribution is 5.14. The van der Waals surface area contributed by atoms with Gasteiger partial charge in [0.05, 0.1) is 23.8 Å². The van der Waals surface area contributed by atoms with Crippen LogP contribution in [0.4, 0.5) is 0 Å². The average molecular weight is 248 g/mol. The van der Waals surface area contributed by atoms with Gasteiger partial charge in [-0.1, -0.05) is 13.8 Å². The van der Waals surface area contributed by atoms with Crippen molar-refractivity contribution in [2.45, 2.75) is 39.8 Å². The first-order chi connectivity index (χ1) is 8.72. The molecule has 2 aromatic rings. The van der Waals surface area contributed by atoms with Crippen molar-refractivity contribution in [2.75, 3.05) is 0 Å². The fraction of sp³-hybridized carbons (Fsp3) is 0.538. The number of aryl methyl sites for hydroxylation is 3. The zero-order chi connectivity index (χ0) is 13.0. The van der Waals surface area contributed by atoms with Gasteiger partial charge in [-0.2, -0.15) is 10.2 Å². The Kier molecular flexibility index (Phi) is 4.02. The summed E-state index contributed by atoms with van der Waals surface area (Å²) in [5.41, 5.74) is 2.17. The molecule has 18 heavy (non-hydrogen) atoms. The molecule has 0 unspecified atom stereocenters. The van der Waals surface area contributed by atoms with Crippen LogP contribution in [0.15, 0.2) is 18.5 Å². The van der Waals surface area contributed by atoms with Crippen LogP contribution < -0.4 is 4.74 Å². The second kappa shape index (κ2) is 5.71. The zero-order valence-corrected chi connectivity index (χ0v) is 11.3. The summed E-state index contributed by atoms with van der Waals surface area (Å²) in [7, 11) is 1.94. The third-order valence-electron chi connectivity index (χ3n) is 2.84. The van der Waals surface area contributed by atoms with Crippen molar-refractivity contribution in [1.29, 1.82) is 0 Å². The Balaban J connectivity index is 1.95. The van der Waals surface area contributed by atoms with Crippen molar-refractivity contribution in [3.05, 3.63) is 29.8 Å². The Morgan fingerprint density at radius 3 is 2.83 bits per heavy atom. The van der Waals surface area contributed by atoms with Crippen LogP contribution in [0.3, 0.4) is 0 Å². The molecule has 0 N–H and O–H groups in total. The smallest absolute Gasteiger partial charge is 0.157 e. The summed E-state index contributed by atoms with van der Waals surface area (Å²) in [5.74, 6) is 0.808. The van der Waals surface area contributed by atoms with Crippen LogP contribution in [-0.2, 0) is 26.6 Å². The Labute approximate surface area is 107 Å². The Bertz CT molecular complexity index is 501. The monoisotopic (exact) mass is 248 g/mol. The Morgan fingerprint density at radius 1 is 1.33 bits per heavy atom. The molecule has 2 aromatic heterocycles. The second-order valence-corrected chi connectivity index (χ2v) is 4.33. The molecule has 2 rings (SSSR count). The lowest BCUT2D eigenvalue weighted by Gasteiger charge is -2.03. The summed E-state index contributed by atoms with van der Waals surface area (Å²) in [5, 5.41) is 8.62. The van der Waals surface area contributed by atoms with E-state index in [4.69, 9.17) is 4.74 Å². The topological polar surface area (TPSA) is 44.9 Å². The van der Waals surface area contributed by atoms with Crippen LogP contribution in [-0.4, -0.2) is 19.6 Å². The van der Waals surface area contributed by atoms with Gasteiger partial charge >= 0.3 is 0 Å². The lowest BCUT2D eigenvalue weighted by atomic mass is 10.3. The number of hydrogen-bond acceptors (Lipinski definition) is 3. The van der Waals surface area contributed by atoms with Gasteiger partial charge in [0, 0.05) is 13.6 Å². The summed E-state index contributed by atoms with van der Waals surface area (Å²) in [6, 6.07) is 2.08. The fourth-order valence-corrected chi connectivity index (χ4v) is 1.81. The van der Waals surface area contributed by atoms with Gasteiger partial charge in [0.2, 0.25) is 0 Å². The summed E-state index contributed by atoms with van der Waals surface area (Å²) in [6.45, 7) is 5.68. The SMILES string of the molecule is CCCn1cc(OCc2cc(CC)nn2C)cn1. The minimum absolute atomic E-state index is 0.529. The van der Waals surface area contributed by atoms with Crippen molar-refractivity contribution in [3.63, 3.8) is 0 Å². The number of hydrogen-bond donors (Lipinski definition) is 0. The molecule has 0 aliphatic rings. The van der Waals surface area contributed by atoms with Crippen molar-refractivity contribution in [3.8, 4) is 5.75 Å². The molecule has 0 fully saturated rings. The van der Waals surface area contributed by atoms with E-state index < -0.39 is 0 Å². The highest BCUT2D eigenvalue weighted by Crippen LogP contribution is 2.12. The van der Waals surface area contributed by atoms with E-state index in [-0.39, 0.29) is 0 Å². The van der Waals surface area contributed by atoms with Crippen molar-refractivity contribution < 1.29 is 4.74 Å². The predicted octanol–water partition coefficient (Wildman–Crippen LogP) is 2.17. The zero-order valence-electron chi connectivity index (χ0n) is 11.3. The van der Waals surface area contributed by atoms with Gasteiger partial charge in [-0.3, -0.25) is 9.36 Å². The molecule has 5 nitrogen and oxygen atoms in total. The largest absolute Gasteiger partial charge is 0.484 e. The first-order valence-electron chi connectivity index (χ1n) is 6.40. The summed E-state index contributed by atoms with van der Waals surface area (Å²) in [6.07, 6.45) is 5.71. The van der Waals surface area contributed by atoms with Crippen LogP contribution in [0.1, 0.15) is 31.7 Å². The Hall–Kier alpha value is -1.78. The first kappa shape index (κ1) is 12.7. The van der Waals surface area contributed by atoms with Crippen LogP contribution in [0.5, 0.6) is 5.75 Å². The molecular weight excluding hydrogens is 228 g/mol. The van der Waals surface area contributed by atoms with Crippen molar-refractivity contribution in [1.82, 2.24) is 19.6 Å². The molecule has 5 heteroatoms. The van der Waals surface area contributed by atoms with E-state index in [1.165, 1.54) is 0 Å². The molecule has 0 amide bonds. The van der Waals surface area contributed by atoms with E-state index in [0.717, 1.165) is 36.5 Å². The van der Waals surface area contributed by atoms with E-state index in [1.54, 1.807) is 6.20 Å². The minimum Gasteiger partial charge on any atom is -0.484 e. The van der Waals surface area contributed by atoms with Gasteiger partial charge in [-0.05, 0) is 18.9 Å². The maximum Gasteiger partial charge on any atom is 0.157 e. The molecule has 0 radical (unpaired) electrons. The lowest BCUT2D eigenvalue weighted by Crippen LogP contribution is -2.02. The number of nitrogens with zero attached hydrogens (tertiary/aromatic N) is 4. The van der Waals surface area contributed by atoms with Gasteiger partial charge in [-0.15, -0.1) is 0 Å². The molecule has 0 aliphatic heterocycles. The molecule has 0 aliphatic carbocycles. The molecule has 2 heterocycles. The predicted molar refractivity (Wildman–Crippen MR) is 69.4 cm³/mol. The molecule has 0 saturated carbocycles. The van der Waals surface area contributed by atoms with Crippen molar-refractivity contribution >= 4 is 0 Å². The molecule has 0 saturated heterocycles. The minimum atomic E-state index is 0.529. The van der Waals surface area contributed by atoms with Crippen LogP contribution in [0.25, 0.3) is 0 Å². The van der Waals surface area contributed by atoms with E-state index in [9.17, 15) is 0 Å². The van der Waals surface area contributed by atoms with Crippen LogP contribution >= 0.6 is 0 Å². The number of rotatable bonds is 6. The summed E-state index contributed by atoms with van der Waals surface area (Å²) < 4.78 is 9.48. The van der Waals surface area contributed by atoms with E-state index >= 15 is 0 Å². The van der Waals surface area contributed by atoms with Crippen LogP contribution in [0.2, 0.25) is 0 Å². The highest BCUT2D eigenvalue weighted by Gasteiger charge is 2.05. The number of aromatic nitrogens is 4. The first-order valence-corrected chi connectivity index (χ1v) is 6.40. The van der Waals surface area contributed by atoms with Gasteiger partial charge in [0.25, 0.3) is 0 Å². The normalized spacial score (nSPS) is 10.8. The van der Waals surface area contributed by atoms with Gasteiger partial charge < -0.3 is 4.74 Å². The summed E-state index contributed by atoms with van der Waals surface area (Å²) in [4.78, 5) is 0. The molecule has 98 valence electrons. The molecule has 0 spiro atoms. The van der Waals surface area contributed by atoms with E-state index in [2.05, 4.69) is 30.1 Å². The third kappa shape index (κ3) is 2.91. The molecule has 0 aromatic carbocycles. The average Bonchev–Trinajstić information content (AvgIpc) is 2.94. The molecule has 0 atom stereocenters. The van der Waals surface area contributed by atoms with E-state index in [1.807, 2.05) is 22.6 Å². The lowest BCUT2D eigenvalue weighted by molar-refractivity contribution is 0.294. The number of ether oxygens (including phenoxy) is 1. The van der Waals surface area contributed by atoms with Gasteiger partial charge in [0.1, 0.15) is 6.61 Å². The van der Waals surface area contributed by atoms with E-state index in [0.29, 0.717) is 6.61 Å². The standard InChI is InChI=1S/C13H20N4O/c1-4-6-17-9-13(8-14-17)18-10-12-7-11(5-2)15-16(12)3/h7-9H,4-6,10H2,1-3H3. The summed E-state index contributed by atoms with van der Waals surface area (Å²) >= 11 is 0. The molecular formula is C13H20N4O. The van der Waals surface area contributed by atoms with Crippen LogP contribution in [0, 0.1) is 0 Å². The fourth-order valence-electron chi connectivity index (χ4n) is 1.81. The second-order valence-electron chi connectivity index (χ2n) is 4.33. The maximum absolute atomic E-state index is 5.71.